The Kier molecular flexibility index (Phi) is 7.54. The van der Waals surface area contributed by atoms with Crippen LogP contribution in [0.3, 0.4) is 0 Å². The van der Waals surface area contributed by atoms with E-state index in [0.717, 1.165) is 4.90 Å². The molecule has 0 aromatic heterocycles. The first-order valence-corrected chi connectivity index (χ1v) is 7.03. The third kappa shape index (κ3) is 7.27. The Balaban J connectivity index is 0.000000238. The molecule has 0 radical (unpaired) electrons. The highest BCUT2D eigenvalue weighted by molar-refractivity contribution is 5.93. The van der Waals surface area contributed by atoms with Crippen LogP contribution in [0, 0.1) is 17.7 Å². The lowest BCUT2D eigenvalue weighted by atomic mass is 10.1. The first-order valence-electron chi connectivity index (χ1n) is 7.03. The number of benzene rings is 1. The van der Waals surface area contributed by atoms with E-state index in [0.29, 0.717) is 24.9 Å². The largest absolute Gasteiger partial charge is 0.465 e. The maximum absolute atomic E-state index is 12.5. The summed E-state index contributed by atoms with van der Waals surface area (Å²) in [6.07, 6.45) is -0.816. The molecule has 0 saturated carbocycles. The minimum atomic E-state index is -1.01. The molecule has 7 heteroatoms. The molecule has 1 saturated heterocycles. The number of halogens is 2. The lowest BCUT2D eigenvalue weighted by molar-refractivity contribution is -0.115. The molecule has 2 amide bonds. The normalized spacial score (nSPS) is 16.3. The second kappa shape index (κ2) is 9.41. The SMILES string of the molecule is CNC(=O)C#Cc1ccc(F)cc1.O=C(O)N1CCCC(F)C1. The molecule has 0 aliphatic carbocycles. The van der Waals surface area contributed by atoms with Gasteiger partial charge in [0.2, 0.25) is 0 Å². The van der Waals surface area contributed by atoms with Crippen molar-refractivity contribution in [1.82, 2.24) is 10.2 Å². The van der Waals surface area contributed by atoms with Gasteiger partial charge in [-0.1, -0.05) is 5.92 Å². The molecule has 1 fully saturated rings. The van der Waals surface area contributed by atoms with Crippen LogP contribution in [-0.4, -0.2) is 48.3 Å². The van der Waals surface area contributed by atoms with Crippen LogP contribution in [0.2, 0.25) is 0 Å². The molecule has 1 aromatic carbocycles. The monoisotopic (exact) mass is 324 g/mol. The first kappa shape index (κ1) is 18.4. The Morgan fingerprint density at radius 3 is 2.48 bits per heavy atom. The van der Waals surface area contributed by atoms with Gasteiger partial charge in [0.15, 0.2) is 0 Å². The topological polar surface area (TPSA) is 69.6 Å². The van der Waals surface area contributed by atoms with Gasteiger partial charge in [0.05, 0.1) is 6.54 Å². The number of likely N-dealkylation sites (tertiary alicyclic amines) is 1. The van der Waals surface area contributed by atoms with Gasteiger partial charge in [-0.2, -0.15) is 0 Å². The zero-order chi connectivity index (χ0) is 17.2. The van der Waals surface area contributed by atoms with Crippen molar-refractivity contribution in [3.05, 3.63) is 35.6 Å². The smallest absolute Gasteiger partial charge is 0.407 e. The fourth-order valence-electron chi connectivity index (χ4n) is 1.82. The molecule has 1 unspecified atom stereocenters. The Labute approximate surface area is 133 Å². The Morgan fingerprint density at radius 1 is 1.35 bits per heavy atom. The predicted octanol–water partition coefficient (Wildman–Crippen LogP) is 2.02. The number of nitrogens with one attached hydrogen (secondary N) is 1. The Hall–Kier alpha value is -2.62. The number of carbonyl (C=O) groups excluding carboxylic acids is 1. The number of hydrogen-bond acceptors (Lipinski definition) is 2. The molecule has 0 bridgehead atoms. The molecular formula is C16H18F2N2O3. The first-order chi connectivity index (χ1) is 10.9. The molecule has 124 valence electrons. The molecular weight excluding hydrogens is 306 g/mol. The zero-order valence-corrected chi connectivity index (χ0v) is 12.7. The molecule has 1 heterocycles. The Bertz CT molecular complexity index is 594. The van der Waals surface area contributed by atoms with E-state index in [1.165, 1.54) is 31.3 Å². The minimum Gasteiger partial charge on any atom is -0.465 e. The van der Waals surface area contributed by atoms with Crippen LogP contribution in [-0.2, 0) is 4.79 Å². The van der Waals surface area contributed by atoms with Crippen LogP contribution >= 0.6 is 0 Å². The van der Waals surface area contributed by atoms with Gasteiger partial charge in [-0.3, -0.25) is 4.79 Å². The van der Waals surface area contributed by atoms with E-state index in [1.54, 1.807) is 0 Å². The average molecular weight is 324 g/mol. The van der Waals surface area contributed by atoms with Crippen molar-refractivity contribution in [3.63, 3.8) is 0 Å². The van der Waals surface area contributed by atoms with E-state index < -0.39 is 12.3 Å². The summed E-state index contributed by atoms with van der Waals surface area (Å²) in [4.78, 5) is 22.1. The van der Waals surface area contributed by atoms with Crippen LogP contribution in [0.5, 0.6) is 0 Å². The van der Waals surface area contributed by atoms with E-state index in [2.05, 4.69) is 17.2 Å². The van der Waals surface area contributed by atoms with Crippen molar-refractivity contribution in [3.8, 4) is 11.8 Å². The number of rotatable bonds is 0. The molecule has 23 heavy (non-hydrogen) atoms. The number of carbonyl (C=O) groups is 2. The second-order valence-corrected chi connectivity index (χ2v) is 4.80. The van der Waals surface area contributed by atoms with E-state index >= 15 is 0 Å². The summed E-state index contributed by atoms with van der Waals surface area (Å²) in [6.45, 7) is 0.533. The van der Waals surface area contributed by atoms with E-state index in [-0.39, 0.29) is 18.3 Å². The van der Waals surface area contributed by atoms with Crippen molar-refractivity contribution >= 4 is 12.0 Å². The third-order valence-corrected chi connectivity index (χ3v) is 3.03. The number of piperidine rings is 1. The zero-order valence-electron chi connectivity index (χ0n) is 12.7. The average Bonchev–Trinajstić information content (AvgIpc) is 2.54. The van der Waals surface area contributed by atoms with Gasteiger partial charge in [-0.05, 0) is 37.1 Å². The number of hydrogen-bond donors (Lipinski definition) is 2. The van der Waals surface area contributed by atoms with Crippen LogP contribution < -0.4 is 5.32 Å². The van der Waals surface area contributed by atoms with Gasteiger partial charge in [0, 0.05) is 25.1 Å². The Morgan fingerprint density at radius 2 is 2.00 bits per heavy atom. The van der Waals surface area contributed by atoms with Crippen LogP contribution in [0.15, 0.2) is 24.3 Å². The lowest BCUT2D eigenvalue weighted by Crippen LogP contribution is -2.39. The third-order valence-electron chi connectivity index (χ3n) is 3.03. The van der Waals surface area contributed by atoms with Gasteiger partial charge in [-0.25, -0.2) is 13.6 Å². The quantitative estimate of drug-likeness (QED) is 0.717. The highest BCUT2D eigenvalue weighted by Gasteiger charge is 2.21. The predicted molar refractivity (Wildman–Crippen MR) is 81.1 cm³/mol. The molecule has 1 atom stereocenters. The summed E-state index contributed by atoms with van der Waals surface area (Å²) < 4.78 is 24.9. The van der Waals surface area contributed by atoms with Gasteiger partial charge < -0.3 is 15.3 Å². The number of amides is 2. The minimum absolute atomic E-state index is 0.0509. The molecule has 2 rings (SSSR count). The maximum Gasteiger partial charge on any atom is 0.407 e. The molecule has 1 aliphatic rings. The molecule has 5 nitrogen and oxygen atoms in total. The summed E-state index contributed by atoms with van der Waals surface area (Å²) in [5.41, 5.74) is 0.616. The van der Waals surface area contributed by atoms with Crippen molar-refractivity contribution < 1.29 is 23.5 Å². The summed E-state index contributed by atoms with van der Waals surface area (Å²) in [5.74, 6) is 4.27. The van der Waals surface area contributed by atoms with Gasteiger partial charge >= 0.3 is 6.09 Å². The second-order valence-electron chi connectivity index (χ2n) is 4.80. The highest BCUT2D eigenvalue weighted by Crippen LogP contribution is 2.12. The van der Waals surface area contributed by atoms with E-state index in [1.807, 2.05) is 0 Å². The summed E-state index contributed by atoms with van der Waals surface area (Å²) in [6, 6.07) is 5.64. The standard InChI is InChI=1S/C10H8FNO.C6H10FNO2/c1-12-10(13)7-4-8-2-5-9(11)6-3-8;7-5-2-1-3-8(4-5)6(9)10/h2-3,5-6H,1H3,(H,12,13);5H,1-4H2,(H,9,10). The van der Waals surface area contributed by atoms with Gasteiger partial charge in [-0.15, -0.1) is 0 Å². The van der Waals surface area contributed by atoms with Crippen molar-refractivity contribution in [2.24, 2.45) is 0 Å². The van der Waals surface area contributed by atoms with E-state index in [9.17, 15) is 18.4 Å². The van der Waals surface area contributed by atoms with Crippen molar-refractivity contribution in [2.75, 3.05) is 20.1 Å². The number of carboxylic acid groups (broad SMARTS) is 1. The molecule has 2 N–H and O–H groups in total. The van der Waals surface area contributed by atoms with Crippen molar-refractivity contribution in [2.45, 2.75) is 19.0 Å². The fourth-order valence-corrected chi connectivity index (χ4v) is 1.82. The summed E-state index contributed by atoms with van der Waals surface area (Å²) in [5, 5.41) is 10.8. The summed E-state index contributed by atoms with van der Waals surface area (Å²) in [7, 11) is 1.50. The summed E-state index contributed by atoms with van der Waals surface area (Å²) >= 11 is 0. The van der Waals surface area contributed by atoms with Gasteiger partial charge in [0.25, 0.3) is 5.91 Å². The highest BCUT2D eigenvalue weighted by atomic mass is 19.1. The lowest BCUT2D eigenvalue weighted by Gasteiger charge is -2.25. The van der Waals surface area contributed by atoms with E-state index in [4.69, 9.17) is 5.11 Å². The molecule has 1 aromatic rings. The number of nitrogens with zero attached hydrogens (tertiary/aromatic N) is 1. The molecule has 1 aliphatic heterocycles. The van der Waals surface area contributed by atoms with Crippen LogP contribution in [0.1, 0.15) is 18.4 Å². The van der Waals surface area contributed by atoms with Crippen LogP contribution in [0.4, 0.5) is 13.6 Å². The maximum atomic E-state index is 12.5. The van der Waals surface area contributed by atoms with Crippen molar-refractivity contribution in [1.29, 1.82) is 0 Å². The van der Waals surface area contributed by atoms with Crippen LogP contribution in [0.25, 0.3) is 0 Å². The number of alkyl halides is 1. The van der Waals surface area contributed by atoms with Gasteiger partial charge in [0.1, 0.15) is 12.0 Å². The molecule has 0 spiro atoms. The fraction of sp³-hybridized carbons (Fsp3) is 0.375.